The van der Waals surface area contributed by atoms with Gasteiger partial charge < -0.3 is 0 Å². The second kappa shape index (κ2) is 4.33. The van der Waals surface area contributed by atoms with Crippen LogP contribution >= 0.6 is 46.4 Å². The van der Waals surface area contributed by atoms with E-state index in [0.717, 1.165) is 22.3 Å². The lowest BCUT2D eigenvalue weighted by Gasteiger charge is -2.22. The van der Waals surface area contributed by atoms with Gasteiger partial charge in [0.05, 0.1) is 0 Å². The molecule has 0 spiro atoms. The van der Waals surface area contributed by atoms with Crippen LogP contribution in [0.4, 0.5) is 0 Å². The molecule has 0 aliphatic heterocycles. The largest absolute Gasteiger partial charge is 0.216 e. The van der Waals surface area contributed by atoms with Gasteiger partial charge in [0.1, 0.15) is 0 Å². The van der Waals surface area contributed by atoms with Crippen molar-refractivity contribution >= 4 is 46.4 Å². The van der Waals surface area contributed by atoms with Gasteiger partial charge in [-0.05, 0) is 49.9 Å². The highest BCUT2D eigenvalue weighted by Crippen LogP contribution is 2.45. The van der Waals surface area contributed by atoms with Crippen molar-refractivity contribution in [3.05, 3.63) is 32.8 Å². The molecule has 84 valence electrons. The van der Waals surface area contributed by atoms with E-state index >= 15 is 0 Å². The highest BCUT2D eigenvalue weighted by atomic mass is 35.6. The summed E-state index contributed by atoms with van der Waals surface area (Å²) in [6, 6.07) is 0. The summed E-state index contributed by atoms with van der Waals surface area (Å²) in [6.07, 6.45) is 0. The molecule has 0 nitrogen and oxygen atoms in total. The van der Waals surface area contributed by atoms with Crippen molar-refractivity contribution < 1.29 is 0 Å². The predicted octanol–water partition coefficient (Wildman–Crippen LogP) is 5.40. The van der Waals surface area contributed by atoms with Gasteiger partial charge in [-0.25, -0.2) is 0 Å². The monoisotopic (exact) mass is 284 g/mol. The van der Waals surface area contributed by atoms with Crippen LogP contribution in [0.1, 0.15) is 27.8 Å². The number of benzene rings is 1. The first-order valence-electron chi connectivity index (χ1n) is 4.51. The van der Waals surface area contributed by atoms with Crippen LogP contribution in [0, 0.1) is 27.7 Å². The Morgan fingerprint density at radius 3 is 1.60 bits per heavy atom. The Balaban J connectivity index is 3.68. The minimum atomic E-state index is -1.42. The Kier molecular flexibility index (Phi) is 3.88. The van der Waals surface area contributed by atoms with Crippen LogP contribution in [-0.2, 0) is 3.79 Å². The molecule has 0 amide bonds. The van der Waals surface area contributed by atoms with Gasteiger partial charge in [0, 0.05) is 10.6 Å². The van der Waals surface area contributed by atoms with Crippen molar-refractivity contribution in [2.24, 2.45) is 0 Å². The zero-order valence-electron chi connectivity index (χ0n) is 9.01. The maximum absolute atomic E-state index is 6.19. The smallest absolute Gasteiger partial charge is 0.0837 e. The van der Waals surface area contributed by atoms with Crippen molar-refractivity contribution in [2.45, 2.75) is 31.5 Å². The van der Waals surface area contributed by atoms with Gasteiger partial charge in [-0.2, -0.15) is 0 Å². The summed E-state index contributed by atoms with van der Waals surface area (Å²) >= 11 is 24.0. The number of halogens is 4. The average Bonchev–Trinajstić information content (AvgIpc) is 2.09. The fourth-order valence-electron chi connectivity index (χ4n) is 1.73. The summed E-state index contributed by atoms with van der Waals surface area (Å²) in [7, 11) is 0. The second-order valence-corrected chi connectivity index (χ2v) is 6.35. The van der Waals surface area contributed by atoms with E-state index in [2.05, 4.69) is 0 Å². The average molecular weight is 286 g/mol. The maximum Gasteiger partial charge on any atom is 0.216 e. The third kappa shape index (κ3) is 2.39. The number of rotatable bonds is 0. The fraction of sp³-hybridized carbons (Fsp3) is 0.455. The maximum atomic E-state index is 6.19. The fourth-order valence-corrected chi connectivity index (χ4v) is 2.82. The molecule has 0 bridgehead atoms. The van der Waals surface area contributed by atoms with Crippen LogP contribution in [0.3, 0.4) is 0 Å². The minimum absolute atomic E-state index is 0.680. The molecule has 0 atom stereocenters. The van der Waals surface area contributed by atoms with E-state index < -0.39 is 3.79 Å². The molecule has 0 unspecified atom stereocenters. The second-order valence-electron chi connectivity index (χ2n) is 3.69. The first kappa shape index (κ1) is 13.4. The summed E-state index contributed by atoms with van der Waals surface area (Å²) in [4.78, 5) is 0. The topological polar surface area (TPSA) is 0 Å². The van der Waals surface area contributed by atoms with Gasteiger partial charge >= 0.3 is 0 Å². The number of hydrogen-bond donors (Lipinski definition) is 0. The molecule has 0 aliphatic carbocycles. The van der Waals surface area contributed by atoms with Crippen LogP contribution in [0.25, 0.3) is 0 Å². The summed E-state index contributed by atoms with van der Waals surface area (Å²) in [6.45, 7) is 7.78. The van der Waals surface area contributed by atoms with Crippen LogP contribution in [0.15, 0.2) is 0 Å². The highest BCUT2D eigenvalue weighted by molar-refractivity contribution is 6.67. The molecule has 0 aromatic heterocycles. The molecule has 1 aromatic rings. The van der Waals surface area contributed by atoms with E-state index in [4.69, 9.17) is 46.4 Å². The van der Waals surface area contributed by atoms with Crippen LogP contribution < -0.4 is 0 Å². The zero-order valence-corrected chi connectivity index (χ0v) is 12.0. The van der Waals surface area contributed by atoms with Crippen LogP contribution in [0.2, 0.25) is 5.02 Å². The van der Waals surface area contributed by atoms with E-state index in [1.807, 2.05) is 27.7 Å². The number of alkyl halides is 3. The SMILES string of the molecule is Cc1c(C)c(Cl)c(C)c(C(Cl)(Cl)Cl)c1C. The Labute approximate surface area is 110 Å². The molecular weight excluding hydrogens is 274 g/mol. The van der Waals surface area contributed by atoms with E-state index in [9.17, 15) is 0 Å². The van der Waals surface area contributed by atoms with Crippen molar-refractivity contribution in [3.63, 3.8) is 0 Å². The first-order valence-corrected chi connectivity index (χ1v) is 6.02. The van der Waals surface area contributed by atoms with Crippen molar-refractivity contribution in [2.75, 3.05) is 0 Å². The first-order chi connectivity index (χ1) is 6.68. The van der Waals surface area contributed by atoms with Crippen molar-refractivity contribution in [1.82, 2.24) is 0 Å². The Bertz CT molecular complexity index is 373. The predicted molar refractivity (Wildman–Crippen MR) is 69.6 cm³/mol. The Hall–Kier alpha value is 0.380. The quantitative estimate of drug-likeness (QED) is 0.560. The molecule has 0 saturated heterocycles. The molecule has 0 N–H and O–H groups in total. The number of hydrogen-bond acceptors (Lipinski definition) is 0. The van der Waals surface area contributed by atoms with E-state index in [1.165, 1.54) is 0 Å². The lowest BCUT2D eigenvalue weighted by atomic mass is 9.95. The van der Waals surface area contributed by atoms with Crippen LogP contribution in [0.5, 0.6) is 0 Å². The van der Waals surface area contributed by atoms with E-state index in [0.29, 0.717) is 10.6 Å². The molecule has 4 heteroatoms. The molecule has 1 rings (SSSR count). The van der Waals surface area contributed by atoms with Crippen LogP contribution in [-0.4, -0.2) is 0 Å². The third-order valence-corrected chi connectivity index (χ3v) is 3.95. The molecular formula is C11H12Cl4. The molecule has 0 heterocycles. The molecule has 0 radical (unpaired) electrons. The molecule has 15 heavy (non-hydrogen) atoms. The summed E-state index contributed by atoms with van der Waals surface area (Å²) in [5.74, 6) is 0. The van der Waals surface area contributed by atoms with Gasteiger partial charge in [-0.1, -0.05) is 46.4 Å². The van der Waals surface area contributed by atoms with E-state index in [1.54, 1.807) is 0 Å². The van der Waals surface area contributed by atoms with Gasteiger partial charge in [-0.15, -0.1) is 0 Å². The van der Waals surface area contributed by atoms with Gasteiger partial charge in [0.2, 0.25) is 3.79 Å². The molecule has 0 aliphatic rings. The summed E-state index contributed by atoms with van der Waals surface area (Å²) < 4.78 is -1.42. The van der Waals surface area contributed by atoms with Gasteiger partial charge in [0.25, 0.3) is 0 Å². The highest BCUT2D eigenvalue weighted by Gasteiger charge is 2.29. The molecule has 0 fully saturated rings. The van der Waals surface area contributed by atoms with Gasteiger partial charge in [-0.3, -0.25) is 0 Å². The summed E-state index contributed by atoms with van der Waals surface area (Å²) in [5, 5.41) is 0.680. The normalized spacial score (nSPS) is 12.0. The van der Waals surface area contributed by atoms with Gasteiger partial charge in [0.15, 0.2) is 0 Å². The van der Waals surface area contributed by atoms with Crippen molar-refractivity contribution in [1.29, 1.82) is 0 Å². The van der Waals surface area contributed by atoms with E-state index in [-0.39, 0.29) is 0 Å². The lowest BCUT2D eigenvalue weighted by Crippen LogP contribution is -2.09. The van der Waals surface area contributed by atoms with Crippen molar-refractivity contribution in [3.8, 4) is 0 Å². The lowest BCUT2D eigenvalue weighted by molar-refractivity contribution is 1.10. The standard InChI is InChI=1S/C11H12Cl4/c1-5-6(2)9(11(13,14)15)8(4)10(12)7(5)3/h1-4H3. The summed E-state index contributed by atoms with van der Waals surface area (Å²) in [5.41, 5.74) is 4.66. The Morgan fingerprint density at radius 1 is 0.733 bits per heavy atom. The molecule has 0 saturated carbocycles. The Morgan fingerprint density at radius 2 is 1.20 bits per heavy atom. The zero-order chi connectivity index (χ0) is 12.0. The molecule has 1 aromatic carbocycles. The third-order valence-electron chi connectivity index (χ3n) is 2.82. The minimum Gasteiger partial charge on any atom is -0.0837 e.